The summed E-state index contributed by atoms with van der Waals surface area (Å²) in [5, 5.41) is 3.92. The molecule has 0 bridgehead atoms. The third-order valence-electron chi connectivity index (χ3n) is 10.7. The first-order valence-corrected chi connectivity index (χ1v) is 16.5. The lowest BCUT2D eigenvalue weighted by Crippen LogP contribution is -2.32. The molecule has 3 aromatic carbocycles. The zero-order chi connectivity index (χ0) is 28.8. The monoisotopic (exact) mass is 558 g/mol. The van der Waals surface area contributed by atoms with Crippen LogP contribution in [0.4, 0.5) is 11.4 Å². The van der Waals surface area contributed by atoms with Crippen LogP contribution in [0.5, 0.6) is 0 Å². The van der Waals surface area contributed by atoms with E-state index >= 15 is 0 Å². The van der Waals surface area contributed by atoms with E-state index in [1.165, 1.54) is 88.4 Å². The van der Waals surface area contributed by atoms with Gasteiger partial charge in [-0.2, -0.15) is 0 Å². The van der Waals surface area contributed by atoms with Crippen LogP contribution in [0, 0.1) is 5.92 Å². The first-order chi connectivity index (χ1) is 20.5. The van der Waals surface area contributed by atoms with Crippen LogP contribution in [0.15, 0.2) is 66.9 Å². The Balaban J connectivity index is 1.58. The van der Waals surface area contributed by atoms with Crippen molar-refractivity contribution < 1.29 is 0 Å². The van der Waals surface area contributed by atoms with E-state index in [-0.39, 0.29) is 5.41 Å². The van der Waals surface area contributed by atoms with Gasteiger partial charge < -0.3 is 9.80 Å². The third-order valence-corrected chi connectivity index (χ3v) is 10.7. The molecule has 1 atom stereocenters. The fourth-order valence-corrected chi connectivity index (χ4v) is 7.76. The predicted molar refractivity (Wildman–Crippen MR) is 180 cm³/mol. The van der Waals surface area contributed by atoms with Crippen LogP contribution in [0.1, 0.15) is 78.2 Å². The molecule has 4 heterocycles. The number of piperidine rings is 2. The molecule has 2 aliphatic heterocycles. The van der Waals surface area contributed by atoms with Crippen LogP contribution in [-0.2, 0) is 5.41 Å². The number of imidazole rings is 1. The predicted octanol–water partition coefficient (Wildman–Crippen LogP) is 9.61. The first-order valence-electron chi connectivity index (χ1n) is 16.5. The fourth-order valence-electron chi connectivity index (χ4n) is 7.76. The van der Waals surface area contributed by atoms with Crippen LogP contribution in [0.2, 0.25) is 0 Å². The van der Waals surface area contributed by atoms with E-state index in [9.17, 15) is 0 Å². The largest absolute Gasteiger partial charge is 0.371 e. The molecule has 4 heteroatoms. The summed E-state index contributed by atoms with van der Waals surface area (Å²) in [5.74, 6) is 0.551. The second kappa shape index (κ2) is 10.9. The Morgan fingerprint density at radius 1 is 0.738 bits per heavy atom. The fraction of sp³-hybridized carbons (Fsp3) is 0.447. The number of fused-ring (bicyclic) bond motifs is 6. The van der Waals surface area contributed by atoms with Gasteiger partial charge in [0.1, 0.15) is 5.65 Å². The van der Waals surface area contributed by atoms with Gasteiger partial charge in [0.2, 0.25) is 0 Å². The van der Waals surface area contributed by atoms with Gasteiger partial charge in [0.05, 0.1) is 17.4 Å². The summed E-state index contributed by atoms with van der Waals surface area (Å²) >= 11 is 0. The first kappa shape index (κ1) is 27.3. The Hall–Kier alpha value is -3.53. The molecule has 4 nitrogen and oxygen atoms in total. The van der Waals surface area contributed by atoms with Gasteiger partial charge >= 0.3 is 0 Å². The van der Waals surface area contributed by atoms with E-state index in [4.69, 9.17) is 4.98 Å². The summed E-state index contributed by atoms with van der Waals surface area (Å²) in [7, 11) is 0. The van der Waals surface area contributed by atoms with Crippen LogP contribution < -0.4 is 9.80 Å². The molecule has 218 valence electrons. The molecule has 0 aliphatic carbocycles. The molecule has 0 spiro atoms. The summed E-state index contributed by atoms with van der Waals surface area (Å²) < 4.78 is 2.50. The standard InChI is InChI=1S/C38H46N4/c1-5-27(2)38(3,4)30-18-14-17-29-28-16-8-9-19-31(28)42-34(26-39-37(42)35(29)30)36-32(40-22-10-6-11-23-40)20-15-21-33(36)41-24-12-7-13-25-41/h8-9,14-21,26-27H,5-7,10-13,22-25H2,1-4H3. The van der Waals surface area contributed by atoms with Gasteiger partial charge in [-0.3, -0.25) is 4.40 Å². The minimum absolute atomic E-state index is 0.0218. The van der Waals surface area contributed by atoms with E-state index in [0.29, 0.717) is 5.92 Å². The summed E-state index contributed by atoms with van der Waals surface area (Å²) in [4.78, 5) is 10.6. The second-order valence-electron chi connectivity index (χ2n) is 13.3. The number of anilines is 2. The lowest BCUT2D eigenvalue weighted by molar-refractivity contribution is 0.337. The molecule has 2 saturated heterocycles. The minimum Gasteiger partial charge on any atom is -0.371 e. The number of nitrogens with zero attached hydrogens (tertiary/aromatic N) is 4. The topological polar surface area (TPSA) is 23.8 Å². The number of pyridine rings is 1. The van der Waals surface area contributed by atoms with Crippen molar-refractivity contribution in [1.82, 2.24) is 9.38 Å². The Kier molecular flexibility index (Phi) is 7.12. The molecular weight excluding hydrogens is 512 g/mol. The highest BCUT2D eigenvalue weighted by atomic mass is 15.2. The van der Waals surface area contributed by atoms with Gasteiger partial charge in [-0.25, -0.2) is 4.98 Å². The van der Waals surface area contributed by atoms with E-state index in [0.717, 1.165) is 38.2 Å². The summed E-state index contributed by atoms with van der Waals surface area (Å²) in [6.45, 7) is 14.1. The molecule has 0 saturated carbocycles. The number of aromatic nitrogens is 2. The van der Waals surface area contributed by atoms with Crippen LogP contribution >= 0.6 is 0 Å². The second-order valence-corrected chi connectivity index (χ2v) is 13.3. The maximum Gasteiger partial charge on any atom is 0.145 e. The molecule has 0 amide bonds. The minimum atomic E-state index is 0.0218. The Bertz CT molecular complexity index is 1700. The van der Waals surface area contributed by atoms with Gasteiger partial charge in [-0.15, -0.1) is 0 Å². The van der Waals surface area contributed by atoms with Crippen LogP contribution in [-0.4, -0.2) is 35.6 Å². The van der Waals surface area contributed by atoms with E-state index in [2.05, 4.69) is 109 Å². The van der Waals surface area contributed by atoms with E-state index in [1.807, 2.05) is 0 Å². The SMILES string of the molecule is CCC(C)C(C)(C)c1cccc2c3ccccc3n3c(-c4c(N5CCCCC5)cccc4N4CCCCC4)cnc3c12. The van der Waals surface area contributed by atoms with Crippen molar-refractivity contribution in [3.63, 3.8) is 0 Å². The highest BCUT2D eigenvalue weighted by Gasteiger charge is 2.31. The third kappa shape index (κ3) is 4.37. The summed E-state index contributed by atoms with van der Waals surface area (Å²) in [6, 6.07) is 22.9. The average Bonchev–Trinajstić information content (AvgIpc) is 3.50. The van der Waals surface area contributed by atoms with Crippen LogP contribution in [0.25, 0.3) is 38.6 Å². The molecule has 2 aromatic heterocycles. The van der Waals surface area contributed by atoms with E-state index < -0.39 is 0 Å². The maximum absolute atomic E-state index is 5.33. The van der Waals surface area contributed by atoms with Crippen molar-refractivity contribution in [2.24, 2.45) is 5.92 Å². The quantitative estimate of drug-likeness (QED) is 0.194. The number of hydrogen-bond acceptors (Lipinski definition) is 3. The number of para-hydroxylation sites is 1. The zero-order valence-corrected chi connectivity index (χ0v) is 26.0. The summed E-state index contributed by atoms with van der Waals surface area (Å²) in [5.41, 5.74) is 9.08. The van der Waals surface area contributed by atoms with Crippen molar-refractivity contribution in [3.05, 3.63) is 72.4 Å². The Morgan fingerprint density at radius 3 is 1.98 bits per heavy atom. The molecule has 7 rings (SSSR count). The Morgan fingerprint density at radius 2 is 1.33 bits per heavy atom. The molecule has 0 N–H and O–H groups in total. The normalized spacial score (nSPS) is 17.4. The lowest BCUT2D eigenvalue weighted by Gasteiger charge is -2.35. The van der Waals surface area contributed by atoms with Gasteiger partial charge in [-0.1, -0.05) is 76.6 Å². The van der Waals surface area contributed by atoms with Gasteiger partial charge in [0.25, 0.3) is 0 Å². The lowest BCUT2D eigenvalue weighted by atomic mass is 9.71. The molecule has 5 aromatic rings. The van der Waals surface area contributed by atoms with Crippen molar-refractivity contribution in [2.45, 2.75) is 78.1 Å². The van der Waals surface area contributed by atoms with Gasteiger partial charge in [0.15, 0.2) is 0 Å². The number of rotatable bonds is 6. The zero-order valence-electron chi connectivity index (χ0n) is 26.0. The van der Waals surface area contributed by atoms with Crippen molar-refractivity contribution in [1.29, 1.82) is 0 Å². The maximum atomic E-state index is 5.33. The van der Waals surface area contributed by atoms with Gasteiger partial charge in [-0.05, 0) is 79.0 Å². The number of benzene rings is 3. The van der Waals surface area contributed by atoms with Crippen molar-refractivity contribution >= 4 is 38.7 Å². The summed E-state index contributed by atoms with van der Waals surface area (Å²) in [6.07, 6.45) is 11.1. The van der Waals surface area contributed by atoms with Crippen molar-refractivity contribution in [3.8, 4) is 11.3 Å². The van der Waals surface area contributed by atoms with Crippen molar-refractivity contribution in [2.75, 3.05) is 36.0 Å². The highest BCUT2D eigenvalue weighted by Crippen LogP contribution is 2.45. The molecule has 42 heavy (non-hydrogen) atoms. The Labute approximate surface area is 251 Å². The smallest absolute Gasteiger partial charge is 0.145 e. The molecule has 1 unspecified atom stereocenters. The van der Waals surface area contributed by atoms with E-state index in [1.54, 1.807) is 0 Å². The molecule has 2 fully saturated rings. The number of hydrogen-bond donors (Lipinski definition) is 0. The molecule has 0 radical (unpaired) electrons. The highest BCUT2D eigenvalue weighted by molar-refractivity contribution is 6.14. The average molecular weight is 559 g/mol. The molecular formula is C38H46N4. The van der Waals surface area contributed by atoms with Crippen LogP contribution in [0.3, 0.4) is 0 Å². The van der Waals surface area contributed by atoms with Gasteiger partial charge in [0, 0.05) is 53.9 Å². The molecule has 2 aliphatic rings.